The van der Waals surface area contributed by atoms with Crippen LogP contribution in [-0.2, 0) is 20.8 Å². The van der Waals surface area contributed by atoms with Gasteiger partial charge in [-0.3, -0.25) is 14.9 Å². The number of fused-ring (bicyclic) bond motifs is 1. The number of amides is 1. The Hall–Kier alpha value is -2.41. The summed E-state index contributed by atoms with van der Waals surface area (Å²) in [6.07, 6.45) is 5.27. The van der Waals surface area contributed by atoms with Gasteiger partial charge in [-0.25, -0.2) is 4.79 Å². The lowest BCUT2D eigenvalue weighted by Gasteiger charge is -2.35. The molecule has 7 nitrogen and oxygen atoms in total. The first kappa shape index (κ1) is 21.3. The molecule has 1 aromatic rings. The molecule has 3 rings (SSSR count). The molecule has 7 heteroatoms. The molecule has 2 fully saturated rings. The largest absolute Gasteiger partial charge is 0.480 e. The molecule has 0 aromatic heterocycles. The molecule has 1 aliphatic heterocycles. The predicted octanol–water partition coefficient (Wildman–Crippen LogP) is 2.29. The average molecular weight is 402 g/mol. The molecule has 29 heavy (non-hydrogen) atoms. The zero-order valence-corrected chi connectivity index (χ0v) is 16.8. The number of carbonyl (C=O) groups excluding carboxylic acids is 1. The van der Waals surface area contributed by atoms with E-state index in [-0.39, 0.29) is 17.9 Å². The van der Waals surface area contributed by atoms with Crippen molar-refractivity contribution in [3.05, 3.63) is 35.9 Å². The third-order valence-electron chi connectivity index (χ3n) is 6.31. The summed E-state index contributed by atoms with van der Waals surface area (Å²) in [6.45, 7) is 1.63. The van der Waals surface area contributed by atoms with Gasteiger partial charge in [0.1, 0.15) is 12.1 Å². The maximum Gasteiger partial charge on any atom is 0.326 e. The molecule has 0 radical (unpaired) electrons. The van der Waals surface area contributed by atoms with Crippen molar-refractivity contribution >= 4 is 17.8 Å². The number of hydrogen-bond donors (Lipinski definition) is 3. The van der Waals surface area contributed by atoms with E-state index in [9.17, 15) is 24.6 Å². The number of nitrogens with zero attached hydrogens (tertiary/aromatic N) is 1. The highest BCUT2D eigenvalue weighted by Gasteiger charge is 2.48. The van der Waals surface area contributed by atoms with Crippen molar-refractivity contribution in [3.8, 4) is 0 Å². The lowest BCUT2D eigenvalue weighted by molar-refractivity contribution is -0.151. The fourth-order valence-electron chi connectivity index (χ4n) is 4.83. The van der Waals surface area contributed by atoms with Crippen LogP contribution in [0.15, 0.2) is 30.3 Å². The smallest absolute Gasteiger partial charge is 0.326 e. The zero-order valence-electron chi connectivity index (χ0n) is 16.8. The van der Waals surface area contributed by atoms with E-state index in [1.807, 2.05) is 30.3 Å². The van der Waals surface area contributed by atoms with Gasteiger partial charge in [-0.05, 0) is 50.5 Å². The van der Waals surface area contributed by atoms with Crippen LogP contribution in [-0.4, -0.2) is 57.1 Å². The number of nitrogens with one attached hydrogen (secondary N) is 1. The molecule has 1 saturated heterocycles. The summed E-state index contributed by atoms with van der Waals surface area (Å²) in [7, 11) is 0. The van der Waals surface area contributed by atoms with Crippen molar-refractivity contribution in [2.45, 2.75) is 76.0 Å². The Morgan fingerprint density at radius 1 is 1.14 bits per heavy atom. The maximum absolute atomic E-state index is 13.2. The Morgan fingerprint density at radius 3 is 2.48 bits per heavy atom. The van der Waals surface area contributed by atoms with E-state index in [0.29, 0.717) is 19.3 Å². The van der Waals surface area contributed by atoms with E-state index < -0.39 is 30.1 Å². The van der Waals surface area contributed by atoms with Crippen LogP contribution in [0.4, 0.5) is 0 Å². The third kappa shape index (κ3) is 4.96. The molecule has 1 heterocycles. The quantitative estimate of drug-likeness (QED) is 0.616. The van der Waals surface area contributed by atoms with Gasteiger partial charge in [-0.2, -0.15) is 0 Å². The molecule has 0 spiro atoms. The molecule has 0 bridgehead atoms. The second-order valence-corrected chi connectivity index (χ2v) is 8.25. The van der Waals surface area contributed by atoms with E-state index >= 15 is 0 Å². The van der Waals surface area contributed by atoms with Gasteiger partial charge < -0.3 is 15.1 Å². The highest BCUT2D eigenvalue weighted by molar-refractivity contribution is 5.88. The average Bonchev–Trinajstić information content (AvgIpc) is 3.10. The standard InChI is InChI=1S/C22H30N2O5/c1-14(23-17(21(26)27)12-11-15-7-3-2-4-8-15)20(25)24-18-10-6-5-9-16(18)13-19(24)22(28)29/h2-4,7-8,14,16-19,23H,5-6,9-13H2,1H3,(H,26,27)(H,28,29)/t14-,16?,17-,18-,19?/m0/s1. The van der Waals surface area contributed by atoms with Crippen LogP contribution >= 0.6 is 0 Å². The van der Waals surface area contributed by atoms with Crippen molar-refractivity contribution in [3.63, 3.8) is 0 Å². The van der Waals surface area contributed by atoms with Gasteiger partial charge in [0.2, 0.25) is 5.91 Å². The monoisotopic (exact) mass is 402 g/mol. The summed E-state index contributed by atoms with van der Waals surface area (Å²) in [4.78, 5) is 38.2. The normalized spacial score (nSPS) is 25.8. The first-order valence-corrected chi connectivity index (χ1v) is 10.5. The van der Waals surface area contributed by atoms with E-state index in [2.05, 4.69) is 5.32 Å². The summed E-state index contributed by atoms with van der Waals surface area (Å²) in [5, 5.41) is 22.2. The molecule has 158 valence electrons. The molecule has 1 aliphatic carbocycles. The highest BCUT2D eigenvalue weighted by Crippen LogP contribution is 2.40. The number of likely N-dealkylation sites (tertiary alicyclic amines) is 1. The second kappa shape index (κ2) is 9.39. The van der Waals surface area contributed by atoms with E-state index in [0.717, 1.165) is 31.2 Å². The SMILES string of the molecule is C[C@H](N[C@@H](CCc1ccccc1)C(=O)O)C(=O)N1C(C(=O)O)CC2CCCC[C@@H]21. The van der Waals surface area contributed by atoms with Crippen LogP contribution in [0.2, 0.25) is 0 Å². The molecule has 2 aliphatic rings. The Balaban J connectivity index is 1.66. The number of carbonyl (C=O) groups is 3. The van der Waals surface area contributed by atoms with E-state index in [4.69, 9.17) is 0 Å². The molecular formula is C22H30N2O5. The third-order valence-corrected chi connectivity index (χ3v) is 6.31. The van der Waals surface area contributed by atoms with Crippen molar-refractivity contribution in [2.75, 3.05) is 0 Å². The molecule has 5 atom stereocenters. The number of rotatable bonds is 8. The topological polar surface area (TPSA) is 107 Å². The van der Waals surface area contributed by atoms with Gasteiger partial charge in [-0.1, -0.05) is 43.2 Å². The predicted molar refractivity (Wildman–Crippen MR) is 107 cm³/mol. The lowest BCUT2D eigenvalue weighted by Crippen LogP contribution is -2.55. The van der Waals surface area contributed by atoms with Crippen LogP contribution in [0.3, 0.4) is 0 Å². The van der Waals surface area contributed by atoms with Crippen molar-refractivity contribution < 1.29 is 24.6 Å². The molecule has 1 amide bonds. The summed E-state index contributed by atoms with van der Waals surface area (Å²) in [5.41, 5.74) is 1.04. The Morgan fingerprint density at radius 2 is 1.83 bits per heavy atom. The lowest BCUT2D eigenvalue weighted by atomic mass is 9.84. The number of carboxylic acids is 2. The van der Waals surface area contributed by atoms with Gasteiger partial charge in [-0.15, -0.1) is 0 Å². The summed E-state index contributed by atoms with van der Waals surface area (Å²) >= 11 is 0. The van der Waals surface area contributed by atoms with Crippen LogP contribution in [0.1, 0.15) is 51.0 Å². The van der Waals surface area contributed by atoms with Gasteiger partial charge in [0.25, 0.3) is 0 Å². The van der Waals surface area contributed by atoms with Crippen LogP contribution in [0.5, 0.6) is 0 Å². The summed E-state index contributed by atoms with van der Waals surface area (Å²) < 4.78 is 0. The minimum absolute atomic E-state index is 0.0470. The van der Waals surface area contributed by atoms with Gasteiger partial charge in [0, 0.05) is 6.04 Å². The Bertz CT molecular complexity index is 738. The molecular weight excluding hydrogens is 372 g/mol. The number of carboxylic acid groups (broad SMARTS) is 2. The number of hydrogen-bond acceptors (Lipinski definition) is 4. The van der Waals surface area contributed by atoms with Crippen LogP contribution < -0.4 is 5.32 Å². The minimum atomic E-state index is -1.01. The van der Waals surface area contributed by atoms with Crippen molar-refractivity contribution in [1.29, 1.82) is 0 Å². The van der Waals surface area contributed by atoms with Gasteiger partial charge in [0.15, 0.2) is 0 Å². The van der Waals surface area contributed by atoms with Crippen LogP contribution in [0, 0.1) is 5.92 Å². The Labute approximate surface area is 171 Å². The molecule has 2 unspecified atom stereocenters. The number of aliphatic carboxylic acids is 2. The van der Waals surface area contributed by atoms with Crippen molar-refractivity contribution in [2.24, 2.45) is 5.92 Å². The van der Waals surface area contributed by atoms with Gasteiger partial charge in [0.05, 0.1) is 6.04 Å². The van der Waals surface area contributed by atoms with Crippen LogP contribution in [0.25, 0.3) is 0 Å². The first-order valence-electron chi connectivity index (χ1n) is 10.5. The summed E-state index contributed by atoms with van der Waals surface area (Å²) in [5.74, 6) is -2.06. The number of benzene rings is 1. The van der Waals surface area contributed by atoms with E-state index in [1.54, 1.807) is 6.92 Å². The Kier molecular flexibility index (Phi) is 6.90. The fraction of sp³-hybridized carbons (Fsp3) is 0.591. The maximum atomic E-state index is 13.2. The zero-order chi connectivity index (χ0) is 21.0. The second-order valence-electron chi connectivity index (χ2n) is 8.25. The molecule has 1 saturated carbocycles. The summed E-state index contributed by atoms with van der Waals surface area (Å²) in [6, 6.07) is 7.12. The number of aryl methyl sites for hydroxylation is 1. The fourth-order valence-corrected chi connectivity index (χ4v) is 4.83. The molecule has 1 aromatic carbocycles. The highest BCUT2D eigenvalue weighted by atomic mass is 16.4. The van der Waals surface area contributed by atoms with Crippen molar-refractivity contribution in [1.82, 2.24) is 10.2 Å². The van der Waals surface area contributed by atoms with E-state index in [1.165, 1.54) is 4.90 Å². The minimum Gasteiger partial charge on any atom is -0.480 e. The van der Waals surface area contributed by atoms with Gasteiger partial charge >= 0.3 is 11.9 Å². The first-order chi connectivity index (χ1) is 13.9. The molecule has 3 N–H and O–H groups in total.